The molecule has 0 aromatic carbocycles. The predicted octanol–water partition coefficient (Wildman–Crippen LogP) is 5.96. The second kappa shape index (κ2) is 9.25. The Morgan fingerprint density at radius 3 is 2.83 bits per heavy atom. The molecule has 5 heteroatoms. The number of aromatic nitrogens is 3. The Bertz CT molecular complexity index is 980. The van der Waals surface area contributed by atoms with Crippen molar-refractivity contribution in [2.75, 3.05) is 0 Å². The molecule has 3 aromatic heterocycles. The Labute approximate surface area is 179 Å². The molecule has 2 unspecified atom stereocenters. The van der Waals surface area contributed by atoms with Crippen LogP contribution in [0.15, 0.2) is 42.7 Å². The van der Waals surface area contributed by atoms with Crippen molar-refractivity contribution in [2.45, 2.75) is 77.9 Å². The van der Waals surface area contributed by atoms with Crippen LogP contribution in [-0.2, 0) is 13.0 Å². The van der Waals surface area contributed by atoms with Gasteiger partial charge in [0.2, 0.25) is 0 Å². The van der Waals surface area contributed by atoms with Gasteiger partial charge in [-0.2, -0.15) is 4.39 Å². The lowest BCUT2D eigenvalue weighted by Gasteiger charge is -2.40. The van der Waals surface area contributed by atoms with Gasteiger partial charge in [0, 0.05) is 25.0 Å². The summed E-state index contributed by atoms with van der Waals surface area (Å²) in [6, 6.07) is 10.1. The van der Waals surface area contributed by atoms with E-state index in [1.165, 1.54) is 30.2 Å². The molecular weight excluding hydrogens is 375 g/mol. The molecule has 3 aromatic rings. The fourth-order valence-electron chi connectivity index (χ4n) is 4.82. The average molecular weight is 409 g/mol. The Hall–Kier alpha value is -2.27. The number of pyridine rings is 2. The largest absolute Gasteiger partial charge is 0.286 e. The van der Waals surface area contributed by atoms with Crippen molar-refractivity contribution < 1.29 is 4.39 Å². The first-order chi connectivity index (χ1) is 14.6. The van der Waals surface area contributed by atoms with E-state index in [9.17, 15) is 4.39 Å². The van der Waals surface area contributed by atoms with E-state index in [0.29, 0.717) is 23.6 Å². The normalized spacial score (nSPS) is 17.6. The lowest BCUT2D eigenvalue weighted by Crippen LogP contribution is -2.40. The standard InChI is InChI=1S/C25H33FN4/c1-4-21(14-13-18(2)3)29(22-10-5-8-19-9-7-15-27-25(19)22)16-20-17-30-23(26)11-6-12-24(30)28-20/h6-7,9,11-12,15,17-18,21-22H,4-5,8,10,13-14,16H2,1-3H3. The predicted molar refractivity (Wildman–Crippen MR) is 119 cm³/mol. The van der Waals surface area contributed by atoms with Crippen molar-refractivity contribution in [2.24, 2.45) is 5.92 Å². The fraction of sp³-hybridized carbons (Fsp3) is 0.520. The maximum Gasteiger partial charge on any atom is 0.199 e. The maximum atomic E-state index is 14.2. The number of halogens is 1. The highest BCUT2D eigenvalue weighted by molar-refractivity contribution is 5.40. The van der Waals surface area contributed by atoms with Crippen LogP contribution in [0.5, 0.6) is 0 Å². The molecule has 2 atom stereocenters. The van der Waals surface area contributed by atoms with Crippen molar-refractivity contribution >= 4 is 5.65 Å². The van der Waals surface area contributed by atoms with Crippen molar-refractivity contribution in [1.29, 1.82) is 0 Å². The van der Waals surface area contributed by atoms with Crippen molar-refractivity contribution in [3.8, 4) is 0 Å². The van der Waals surface area contributed by atoms with Crippen LogP contribution < -0.4 is 0 Å². The van der Waals surface area contributed by atoms with Crippen LogP contribution in [-0.4, -0.2) is 25.3 Å². The third-order valence-electron chi connectivity index (χ3n) is 6.42. The number of aryl methyl sites for hydroxylation is 1. The molecule has 0 N–H and O–H groups in total. The topological polar surface area (TPSA) is 33.4 Å². The molecular formula is C25H33FN4. The maximum absolute atomic E-state index is 14.2. The van der Waals surface area contributed by atoms with Crippen molar-refractivity contribution in [3.63, 3.8) is 0 Å². The summed E-state index contributed by atoms with van der Waals surface area (Å²) in [6.07, 6.45) is 10.6. The number of fused-ring (bicyclic) bond motifs is 2. The van der Waals surface area contributed by atoms with E-state index in [0.717, 1.165) is 37.9 Å². The zero-order valence-electron chi connectivity index (χ0n) is 18.4. The summed E-state index contributed by atoms with van der Waals surface area (Å²) in [5.74, 6) is 0.413. The molecule has 0 radical (unpaired) electrons. The van der Waals surface area contributed by atoms with Crippen LogP contribution >= 0.6 is 0 Å². The zero-order valence-corrected chi connectivity index (χ0v) is 18.4. The first kappa shape index (κ1) is 21.0. The van der Waals surface area contributed by atoms with Crippen LogP contribution in [0.1, 0.15) is 75.9 Å². The van der Waals surface area contributed by atoms with E-state index in [1.807, 2.05) is 24.5 Å². The van der Waals surface area contributed by atoms with Gasteiger partial charge < -0.3 is 0 Å². The highest BCUT2D eigenvalue weighted by atomic mass is 19.1. The molecule has 0 saturated carbocycles. The molecule has 160 valence electrons. The number of rotatable bonds is 8. The van der Waals surface area contributed by atoms with E-state index in [2.05, 4.69) is 31.7 Å². The number of hydrogen-bond acceptors (Lipinski definition) is 3. The van der Waals surface area contributed by atoms with Gasteiger partial charge in [0.25, 0.3) is 0 Å². The molecule has 1 aliphatic carbocycles. The minimum absolute atomic E-state index is 0.269. The van der Waals surface area contributed by atoms with E-state index < -0.39 is 0 Å². The lowest BCUT2D eigenvalue weighted by molar-refractivity contribution is 0.0928. The summed E-state index contributed by atoms with van der Waals surface area (Å²) in [5, 5.41) is 0. The monoisotopic (exact) mass is 408 g/mol. The van der Waals surface area contributed by atoms with Gasteiger partial charge in [0.15, 0.2) is 5.95 Å². The molecule has 30 heavy (non-hydrogen) atoms. The third-order valence-corrected chi connectivity index (χ3v) is 6.42. The van der Waals surface area contributed by atoms with E-state index in [4.69, 9.17) is 9.97 Å². The van der Waals surface area contributed by atoms with Gasteiger partial charge in [0.1, 0.15) is 5.65 Å². The van der Waals surface area contributed by atoms with Crippen LogP contribution in [0.4, 0.5) is 4.39 Å². The third kappa shape index (κ3) is 4.41. The first-order valence-corrected chi connectivity index (χ1v) is 11.4. The molecule has 3 heterocycles. The van der Waals surface area contributed by atoms with Crippen LogP contribution in [0, 0.1) is 11.9 Å². The Kier molecular flexibility index (Phi) is 6.47. The smallest absolute Gasteiger partial charge is 0.199 e. The highest BCUT2D eigenvalue weighted by Gasteiger charge is 2.31. The van der Waals surface area contributed by atoms with Crippen molar-refractivity contribution in [1.82, 2.24) is 19.3 Å². The quantitative estimate of drug-likeness (QED) is 0.431. The number of nitrogens with zero attached hydrogens (tertiary/aromatic N) is 4. The van der Waals surface area contributed by atoms with E-state index in [1.54, 1.807) is 10.5 Å². The first-order valence-electron chi connectivity index (χ1n) is 11.4. The van der Waals surface area contributed by atoms with Gasteiger partial charge in [-0.15, -0.1) is 0 Å². The van der Waals surface area contributed by atoms with Crippen LogP contribution in [0.3, 0.4) is 0 Å². The molecule has 0 saturated heterocycles. The summed E-state index contributed by atoms with van der Waals surface area (Å²) in [5.41, 5.74) is 4.19. The van der Waals surface area contributed by atoms with E-state index >= 15 is 0 Å². The number of hydrogen-bond donors (Lipinski definition) is 0. The minimum Gasteiger partial charge on any atom is -0.286 e. The molecule has 4 rings (SSSR count). The van der Waals surface area contributed by atoms with Gasteiger partial charge in [-0.1, -0.05) is 32.9 Å². The van der Waals surface area contributed by atoms with E-state index in [-0.39, 0.29) is 5.95 Å². The summed E-state index contributed by atoms with van der Waals surface area (Å²) in [4.78, 5) is 12.1. The van der Waals surface area contributed by atoms with Crippen LogP contribution in [0.2, 0.25) is 0 Å². The summed E-state index contributed by atoms with van der Waals surface area (Å²) >= 11 is 0. The fourth-order valence-corrected chi connectivity index (χ4v) is 4.82. The SMILES string of the molecule is CCC(CCC(C)C)N(Cc1cn2c(F)cccc2n1)C1CCCc2cccnc21. The molecule has 1 aliphatic rings. The second-order valence-corrected chi connectivity index (χ2v) is 8.97. The minimum atomic E-state index is -0.269. The molecule has 0 spiro atoms. The lowest BCUT2D eigenvalue weighted by atomic mass is 9.88. The Balaban J connectivity index is 1.69. The van der Waals surface area contributed by atoms with Gasteiger partial charge >= 0.3 is 0 Å². The number of imidazole rings is 1. The molecule has 0 bridgehead atoms. The van der Waals surface area contributed by atoms with Gasteiger partial charge in [-0.05, 0) is 68.2 Å². The second-order valence-electron chi connectivity index (χ2n) is 8.97. The molecule has 0 aliphatic heterocycles. The summed E-state index contributed by atoms with van der Waals surface area (Å²) < 4.78 is 15.8. The Morgan fingerprint density at radius 2 is 2.07 bits per heavy atom. The van der Waals surface area contributed by atoms with Gasteiger partial charge in [-0.3, -0.25) is 14.3 Å². The summed E-state index contributed by atoms with van der Waals surface area (Å²) in [7, 11) is 0. The molecule has 4 nitrogen and oxygen atoms in total. The molecule has 0 amide bonds. The van der Waals surface area contributed by atoms with Crippen LogP contribution in [0.25, 0.3) is 5.65 Å². The Morgan fingerprint density at radius 1 is 1.20 bits per heavy atom. The van der Waals surface area contributed by atoms with Gasteiger partial charge in [-0.25, -0.2) is 4.98 Å². The summed E-state index contributed by atoms with van der Waals surface area (Å²) in [6.45, 7) is 7.58. The zero-order chi connectivity index (χ0) is 21.1. The van der Waals surface area contributed by atoms with Crippen molar-refractivity contribution in [3.05, 3.63) is 65.6 Å². The van der Waals surface area contributed by atoms with Gasteiger partial charge in [0.05, 0.1) is 17.4 Å². The average Bonchev–Trinajstić information content (AvgIpc) is 3.17. The highest BCUT2D eigenvalue weighted by Crippen LogP contribution is 2.36. The molecule has 0 fully saturated rings.